The molecule has 0 saturated carbocycles. The first-order valence-electron chi connectivity index (χ1n) is 9.75. The summed E-state index contributed by atoms with van der Waals surface area (Å²) in [6.45, 7) is 2.14. The molecule has 0 atom stereocenters. The van der Waals surface area contributed by atoms with Gasteiger partial charge in [-0.05, 0) is 18.1 Å². The molecule has 0 aliphatic heterocycles. The van der Waals surface area contributed by atoms with Crippen LogP contribution in [-0.4, -0.2) is 29.3 Å². The lowest BCUT2D eigenvalue weighted by molar-refractivity contribution is -0.404. The van der Waals surface area contributed by atoms with Crippen molar-refractivity contribution in [3.63, 3.8) is 0 Å². The standard InChI is InChI=1S/C15H12Cl2N2.C6H3N3O7/c1-2-10-3-5-11(6-4-10)14-9-19-8-12(16)7-13(17)15(19)18-14;10-6-4(8(13)14)1-3(7(11)12)2-5(6)9(15)16/h3-9H,2H2,1H3;1-2,10H. The number of imidazole rings is 1. The lowest BCUT2D eigenvalue weighted by Gasteiger charge is -1.98. The summed E-state index contributed by atoms with van der Waals surface area (Å²) in [5.41, 5.74) is 1.01. The molecule has 14 heteroatoms. The van der Waals surface area contributed by atoms with Crippen molar-refractivity contribution in [3.8, 4) is 17.0 Å². The number of nitro groups is 3. The number of pyridine rings is 1. The van der Waals surface area contributed by atoms with E-state index in [1.54, 1.807) is 12.3 Å². The van der Waals surface area contributed by atoms with Gasteiger partial charge in [0.05, 0.1) is 42.6 Å². The van der Waals surface area contributed by atoms with Gasteiger partial charge in [-0.25, -0.2) is 4.98 Å². The van der Waals surface area contributed by atoms with Gasteiger partial charge in [0.25, 0.3) is 11.4 Å². The summed E-state index contributed by atoms with van der Waals surface area (Å²) >= 11 is 12.1. The minimum absolute atomic E-state index is 0.447. The number of phenolic OH excluding ortho intramolecular Hbond substituents is 1. The van der Waals surface area contributed by atoms with Crippen LogP contribution in [0.25, 0.3) is 16.9 Å². The number of benzene rings is 2. The number of nitro benzene ring substituents is 3. The van der Waals surface area contributed by atoms with Crippen LogP contribution in [0.2, 0.25) is 10.0 Å². The van der Waals surface area contributed by atoms with Crippen molar-refractivity contribution in [1.82, 2.24) is 9.38 Å². The van der Waals surface area contributed by atoms with E-state index in [9.17, 15) is 30.3 Å². The molecule has 180 valence electrons. The SMILES string of the molecule is CCc1ccc(-c2cn3cc(Cl)cc(Cl)c3n2)cc1.O=[N+]([O-])c1cc([N+](=O)[O-])c(O)c([N+](=O)[O-])c1. The van der Waals surface area contributed by atoms with E-state index < -0.39 is 37.6 Å². The molecule has 0 aliphatic rings. The first kappa shape index (κ1) is 25.3. The van der Waals surface area contributed by atoms with E-state index in [0.717, 1.165) is 23.3 Å². The number of hydrogen-bond acceptors (Lipinski definition) is 8. The highest BCUT2D eigenvalue weighted by molar-refractivity contribution is 6.36. The Morgan fingerprint density at radius 1 is 0.914 bits per heavy atom. The number of aromatic nitrogens is 2. The van der Waals surface area contributed by atoms with Crippen LogP contribution >= 0.6 is 23.2 Å². The molecule has 0 spiro atoms. The normalized spacial score (nSPS) is 10.5. The molecule has 0 unspecified atom stereocenters. The minimum Gasteiger partial charge on any atom is -0.497 e. The summed E-state index contributed by atoms with van der Waals surface area (Å²) in [5.74, 6) is -1.21. The summed E-state index contributed by atoms with van der Waals surface area (Å²) in [4.78, 5) is 32.3. The van der Waals surface area contributed by atoms with Crippen LogP contribution in [0.4, 0.5) is 17.1 Å². The molecule has 2 aromatic heterocycles. The van der Waals surface area contributed by atoms with Crippen molar-refractivity contribution in [1.29, 1.82) is 0 Å². The van der Waals surface area contributed by atoms with Gasteiger partial charge in [0.15, 0.2) is 5.65 Å². The lowest BCUT2D eigenvalue weighted by Crippen LogP contribution is -1.97. The maximum atomic E-state index is 10.4. The minimum atomic E-state index is -1.21. The molecular formula is C21H15Cl2N5O7. The van der Waals surface area contributed by atoms with Crippen molar-refractivity contribution in [2.45, 2.75) is 13.3 Å². The Labute approximate surface area is 206 Å². The third-order valence-electron chi connectivity index (χ3n) is 4.79. The predicted octanol–water partition coefficient (Wildman–Crippen LogP) is 5.99. The zero-order valence-corrected chi connectivity index (χ0v) is 19.3. The number of nitrogens with zero attached hydrogens (tertiary/aromatic N) is 5. The molecule has 0 fully saturated rings. The fourth-order valence-corrected chi connectivity index (χ4v) is 3.58. The predicted molar refractivity (Wildman–Crippen MR) is 128 cm³/mol. The number of phenols is 1. The molecular weight excluding hydrogens is 505 g/mol. The van der Waals surface area contributed by atoms with Crippen LogP contribution in [0.5, 0.6) is 5.75 Å². The van der Waals surface area contributed by atoms with E-state index in [1.807, 2.05) is 10.6 Å². The van der Waals surface area contributed by atoms with Gasteiger partial charge in [-0.2, -0.15) is 0 Å². The average Bonchev–Trinajstić information content (AvgIpc) is 3.23. The zero-order chi connectivity index (χ0) is 25.9. The van der Waals surface area contributed by atoms with Crippen molar-refractivity contribution < 1.29 is 19.9 Å². The molecule has 0 radical (unpaired) electrons. The van der Waals surface area contributed by atoms with Gasteiger partial charge in [-0.3, -0.25) is 30.3 Å². The first-order chi connectivity index (χ1) is 16.5. The average molecular weight is 520 g/mol. The van der Waals surface area contributed by atoms with Gasteiger partial charge < -0.3 is 9.51 Å². The van der Waals surface area contributed by atoms with Crippen LogP contribution in [-0.2, 0) is 6.42 Å². The summed E-state index contributed by atoms with van der Waals surface area (Å²) in [7, 11) is 0. The quantitative estimate of drug-likeness (QED) is 0.247. The van der Waals surface area contributed by atoms with Crippen molar-refractivity contribution in [3.05, 3.63) is 101 Å². The van der Waals surface area contributed by atoms with Gasteiger partial charge in [-0.15, -0.1) is 0 Å². The molecule has 4 aromatic rings. The van der Waals surface area contributed by atoms with Crippen LogP contribution in [0.3, 0.4) is 0 Å². The molecule has 0 aliphatic carbocycles. The van der Waals surface area contributed by atoms with Crippen LogP contribution in [0.15, 0.2) is 54.9 Å². The number of halogens is 2. The Morgan fingerprint density at radius 2 is 1.49 bits per heavy atom. The second-order valence-corrected chi connectivity index (χ2v) is 7.86. The fourth-order valence-electron chi connectivity index (χ4n) is 3.05. The molecule has 1 N–H and O–H groups in total. The monoisotopic (exact) mass is 519 g/mol. The largest absolute Gasteiger partial charge is 0.497 e. The Kier molecular flexibility index (Phi) is 7.47. The molecule has 0 saturated heterocycles. The van der Waals surface area contributed by atoms with E-state index in [-0.39, 0.29) is 0 Å². The van der Waals surface area contributed by atoms with E-state index in [0.29, 0.717) is 22.2 Å². The van der Waals surface area contributed by atoms with E-state index in [2.05, 4.69) is 36.2 Å². The third-order valence-corrected chi connectivity index (χ3v) is 5.27. The molecule has 12 nitrogen and oxygen atoms in total. The maximum absolute atomic E-state index is 10.4. The number of aromatic hydroxyl groups is 1. The number of non-ortho nitro benzene ring substituents is 1. The summed E-state index contributed by atoms with van der Waals surface area (Å²) < 4.78 is 1.85. The Hall–Kier alpha value is -4.29. The van der Waals surface area contributed by atoms with Gasteiger partial charge in [0.2, 0.25) is 0 Å². The number of hydrogen-bond donors (Lipinski definition) is 1. The molecule has 0 bridgehead atoms. The summed E-state index contributed by atoms with van der Waals surface area (Å²) in [5, 5.41) is 41.4. The zero-order valence-electron chi connectivity index (χ0n) is 17.8. The van der Waals surface area contributed by atoms with Crippen LogP contribution < -0.4 is 0 Å². The molecule has 2 heterocycles. The number of fused-ring (bicyclic) bond motifs is 1. The van der Waals surface area contributed by atoms with Crippen molar-refractivity contribution in [2.75, 3.05) is 0 Å². The Balaban J connectivity index is 0.000000199. The topological polar surface area (TPSA) is 167 Å². The van der Waals surface area contributed by atoms with E-state index in [1.165, 1.54) is 5.56 Å². The molecule has 4 rings (SSSR count). The van der Waals surface area contributed by atoms with Crippen LogP contribution in [0.1, 0.15) is 12.5 Å². The van der Waals surface area contributed by atoms with Gasteiger partial charge >= 0.3 is 11.4 Å². The van der Waals surface area contributed by atoms with Gasteiger partial charge in [-0.1, -0.05) is 54.4 Å². The van der Waals surface area contributed by atoms with Gasteiger partial charge in [0, 0.05) is 18.0 Å². The van der Waals surface area contributed by atoms with E-state index in [4.69, 9.17) is 28.3 Å². The highest BCUT2D eigenvalue weighted by Crippen LogP contribution is 2.39. The third kappa shape index (κ3) is 5.62. The molecule has 2 aromatic carbocycles. The van der Waals surface area contributed by atoms with Crippen molar-refractivity contribution >= 4 is 45.9 Å². The Morgan fingerprint density at radius 3 is 1.97 bits per heavy atom. The lowest BCUT2D eigenvalue weighted by atomic mass is 10.1. The highest BCUT2D eigenvalue weighted by Gasteiger charge is 2.30. The van der Waals surface area contributed by atoms with Crippen LogP contribution in [0, 0.1) is 30.3 Å². The van der Waals surface area contributed by atoms with Gasteiger partial charge in [0.1, 0.15) is 0 Å². The smallest absolute Gasteiger partial charge is 0.324 e. The summed E-state index contributed by atoms with van der Waals surface area (Å²) in [6.07, 6.45) is 4.78. The fraction of sp³-hybridized carbons (Fsp3) is 0.0952. The second-order valence-electron chi connectivity index (χ2n) is 7.02. The molecule has 35 heavy (non-hydrogen) atoms. The van der Waals surface area contributed by atoms with E-state index >= 15 is 0 Å². The number of rotatable bonds is 5. The molecule has 0 amide bonds. The van der Waals surface area contributed by atoms with Crippen molar-refractivity contribution in [2.24, 2.45) is 0 Å². The Bertz CT molecular complexity index is 1420. The second kappa shape index (κ2) is 10.3. The number of aryl methyl sites for hydroxylation is 1. The first-order valence-corrected chi connectivity index (χ1v) is 10.5. The maximum Gasteiger partial charge on any atom is 0.324 e. The summed E-state index contributed by atoms with van der Waals surface area (Å²) in [6, 6.07) is 11.0. The highest BCUT2D eigenvalue weighted by atomic mass is 35.5.